The van der Waals surface area contributed by atoms with E-state index in [9.17, 15) is 10.1 Å². The molecule has 166 valence electrons. The van der Waals surface area contributed by atoms with E-state index >= 15 is 0 Å². The highest BCUT2D eigenvalue weighted by atomic mass is 31.2. The Bertz CT molecular complexity index is 1300. The van der Waals surface area contributed by atoms with Crippen molar-refractivity contribution < 1.29 is 9.53 Å². The zero-order chi connectivity index (χ0) is 23.8. The zero-order valence-corrected chi connectivity index (χ0v) is 19.6. The Balaban J connectivity index is 2.12. The van der Waals surface area contributed by atoms with Crippen LogP contribution in [-0.4, -0.2) is 13.1 Å². The fourth-order valence-electron chi connectivity index (χ4n) is 3.78. The number of ether oxygens (including phenoxy) is 1. The van der Waals surface area contributed by atoms with Crippen molar-refractivity contribution in [3.05, 3.63) is 126 Å². The van der Waals surface area contributed by atoms with E-state index in [2.05, 4.69) is 42.5 Å². The van der Waals surface area contributed by atoms with E-state index in [1.807, 2.05) is 60.7 Å². The predicted molar refractivity (Wildman–Crippen MR) is 139 cm³/mol. The van der Waals surface area contributed by atoms with Crippen molar-refractivity contribution in [1.82, 2.24) is 0 Å². The topological polar surface area (TPSA) is 62.5 Å². The average molecular weight is 462 g/mol. The highest BCUT2D eigenvalue weighted by Gasteiger charge is 2.27. The summed E-state index contributed by atoms with van der Waals surface area (Å²) in [5.74, 6) is -0.453. The number of hydrogen-bond donors (Lipinski definition) is 0. The third-order valence-electron chi connectivity index (χ3n) is 5.41. The lowest BCUT2D eigenvalue weighted by atomic mass is 10.1. The van der Waals surface area contributed by atoms with Gasteiger partial charge in [0.2, 0.25) is 0 Å². The molecule has 0 saturated heterocycles. The van der Waals surface area contributed by atoms with Crippen LogP contribution in [0.1, 0.15) is 11.1 Å². The number of carbonyl (C=O) groups is 1. The highest BCUT2D eigenvalue weighted by Crippen LogP contribution is 2.50. The van der Waals surface area contributed by atoms with Gasteiger partial charge in [0.05, 0.1) is 31.5 Å². The van der Waals surface area contributed by atoms with Gasteiger partial charge in [-0.1, -0.05) is 97.1 Å². The fraction of sp³-hybridized carbons (Fsp3) is 0.0345. The predicted octanol–water partition coefficient (Wildman–Crippen LogP) is 5.55. The molecule has 0 bridgehead atoms. The van der Waals surface area contributed by atoms with E-state index in [0.717, 1.165) is 21.5 Å². The standard InChI is InChI=1S/C29H23N2O2P/c1-33-29(32)20-19-24-18-17-23(22-30)21-28(24)31-34(25-11-5-2-6-12-25,26-13-7-3-8-14-26)27-15-9-4-10-16-27/h2-21H,1H3/b20-19+. The number of nitriles is 1. The smallest absolute Gasteiger partial charge is 0.330 e. The first-order valence-corrected chi connectivity index (χ1v) is 12.5. The summed E-state index contributed by atoms with van der Waals surface area (Å²) in [6, 6.07) is 38.3. The van der Waals surface area contributed by atoms with Crippen LogP contribution in [0.15, 0.2) is 120 Å². The summed E-state index contributed by atoms with van der Waals surface area (Å²) in [7, 11) is -1.18. The van der Waals surface area contributed by atoms with Crippen molar-refractivity contribution in [2.24, 2.45) is 4.74 Å². The van der Waals surface area contributed by atoms with Crippen LogP contribution >= 0.6 is 7.05 Å². The molecule has 0 aliphatic heterocycles. The van der Waals surface area contributed by atoms with Crippen LogP contribution < -0.4 is 15.9 Å². The maximum atomic E-state index is 11.8. The Labute approximate surface area is 199 Å². The van der Waals surface area contributed by atoms with Gasteiger partial charge in [-0.3, -0.25) is 4.74 Å². The van der Waals surface area contributed by atoms with E-state index < -0.39 is 13.0 Å². The normalized spacial score (nSPS) is 11.1. The number of nitrogens with zero attached hydrogens (tertiary/aromatic N) is 2. The van der Waals surface area contributed by atoms with Gasteiger partial charge in [0.15, 0.2) is 0 Å². The largest absolute Gasteiger partial charge is 0.466 e. The van der Waals surface area contributed by atoms with Crippen LogP contribution in [0.5, 0.6) is 0 Å². The summed E-state index contributed by atoms with van der Waals surface area (Å²) in [5, 5.41) is 12.9. The molecule has 34 heavy (non-hydrogen) atoms. The molecule has 5 heteroatoms. The van der Waals surface area contributed by atoms with Gasteiger partial charge >= 0.3 is 5.97 Å². The second-order valence-corrected chi connectivity index (χ2v) is 10.5. The van der Waals surface area contributed by atoms with E-state index in [4.69, 9.17) is 9.48 Å². The number of hydrogen-bond acceptors (Lipinski definition) is 4. The molecule has 0 fully saturated rings. The summed E-state index contributed by atoms with van der Waals surface area (Å²) in [5.41, 5.74) is 1.88. The Kier molecular flexibility index (Phi) is 7.18. The summed E-state index contributed by atoms with van der Waals surface area (Å²) in [6.45, 7) is 0. The van der Waals surface area contributed by atoms with Gasteiger partial charge in [0.25, 0.3) is 0 Å². The molecule has 0 radical (unpaired) electrons. The first kappa shape index (κ1) is 23.0. The molecule has 0 heterocycles. The van der Waals surface area contributed by atoms with Crippen molar-refractivity contribution in [1.29, 1.82) is 5.26 Å². The molecule has 4 rings (SSSR count). The number of methoxy groups -OCH3 is 1. The number of carbonyl (C=O) groups excluding carboxylic acids is 1. The van der Waals surface area contributed by atoms with Crippen molar-refractivity contribution in [2.45, 2.75) is 0 Å². The number of esters is 1. The van der Waals surface area contributed by atoms with Crippen LogP contribution in [-0.2, 0) is 9.53 Å². The van der Waals surface area contributed by atoms with Crippen molar-refractivity contribution in [3.63, 3.8) is 0 Å². The molecular weight excluding hydrogens is 439 g/mol. The minimum atomic E-state index is -2.52. The SMILES string of the molecule is COC(=O)/C=C/c1ccc(C#N)cc1N=P(c1ccccc1)(c1ccccc1)c1ccccc1. The summed E-state index contributed by atoms with van der Waals surface area (Å²) >= 11 is 0. The van der Waals surface area contributed by atoms with Crippen LogP contribution in [0.4, 0.5) is 5.69 Å². The molecule has 0 N–H and O–H groups in total. The molecule has 0 spiro atoms. The number of benzene rings is 4. The van der Waals surface area contributed by atoms with Crippen molar-refractivity contribution in [2.75, 3.05) is 7.11 Å². The number of rotatable bonds is 6. The van der Waals surface area contributed by atoms with Gasteiger partial charge in [-0.25, -0.2) is 4.79 Å². The Morgan fingerprint density at radius 2 is 1.32 bits per heavy atom. The molecule has 4 nitrogen and oxygen atoms in total. The lowest BCUT2D eigenvalue weighted by Gasteiger charge is -2.27. The van der Waals surface area contributed by atoms with Gasteiger partial charge < -0.3 is 4.74 Å². The Hall–Kier alpha value is -4.19. The molecule has 0 atom stereocenters. The van der Waals surface area contributed by atoms with Crippen LogP contribution in [0.3, 0.4) is 0 Å². The van der Waals surface area contributed by atoms with Gasteiger partial charge in [0, 0.05) is 27.6 Å². The maximum absolute atomic E-state index is 11.8. The highest BCUT2D eigenvalue weighted by molar-refractivity contribution is 7.87. The molecule has 0 saturated carbocycles. The second kappa shape index (κ2) is 10.6. The van der Waals surface area contributed by atoms with E-state index in [1.165, 1.54) is 13.2 Å². The summed E-state index contributed by atoms with van der Waals surface area (Å²) in [6.07, 6.45) is 3.05. The molecule has 4 aromatic carbocycles. The Morgan fingerprint density at radius 1 is 0.824 bits per heavy atom. The van der Waals surface area contributed by atoms with Crippen LogP contribution in [0.25, 0.3) is 6.08 Å². The molecule has 0 unspecified atom stereocenters. The van der Waals surface area contributed by atoms with Gasteiger partial charge in [0.1, 0.15) is 0 Å². The third-order valence-corrected chi connectivity index (χ3v) is 9.06. The van der Waals surface area contributed by atoms with Crippen molar-refractivity contribution >= 4 is 40.7 Å². The maximum Gasteiger partial charge on any atom is 0.330 e. The van der Waals surface area contributed by atoms with Gasteiger partial charge in [-0.2, -0.15) is 5.26 Å². The minimum Gasteiger partial charge on any atom is -0.466 e. The molecule has 4 aromatic rings. The third kappa shape index (κ3) is 4.76. The minimum absolute atomic E-state index is 0.453. The average Bonchev–Trinajstić information content (AvgIpc) is 2.92. The monoisotopic (exact) mass is 462 g/mol. The van der Waals surface area contributed by atoms with Gasteiger partial charge in [-0.05, 0) is 18.2 Å². The van der Waals surface area contributed by atoms with E-state index in [0.29, 0.717) is 11.3 Å². The molecular formula is C29H23N2O2P. The molecule has 0 aromatic heterocycles. The van der Waals surface area contributed by atoms with Crippen molar-refractivity contribution in [3.8, 4) is 6.07 Å². The Morgan fingerprint density at radius 3 is 1.76 bits per heavy atom. The lowest BCUT2D eigenvalue weighted by Crippen LogP contribution is -2.25. The second-order valence-electron chi connectivity index (χ2n) is 7.48. The molecule has 0 aliphatic carbocycles. The van der Waals surface area contributed by atoms with Gasteiger partial charge in [-0.15, -0.1) is 0 Å². The lowest BCUT2D eigenvalue weighted by molar-refractivity contribution is -0.134. The fourth-order valence-corrected chi connectivity index (χ4v) is 7.33. The van der Waals surface area contributed by atoms with Crippen LogP contribution in [0, 0.1) is 11.3 Å². The van der Waals surface area contributed by atoms with E-state index in [-0.39, 0.29) is 0 Å². The summed E-state index contributed by atoms with van der Waals surface area (Å²) in [4.78, 5) is 11.8. The first-order chi connectivity index (χ1) is 16.7. The zero-order valence-electron chi connectivity index (χ0n) is 18.7. The molecule has 0 amide bonds. The first-order valence-electron chi connectivity index (χ1n) is 10.8. The molecule has 0 aliphatic rings. The van der Waals surface area contributed by atoms with Crippen LogP contribution in [0.2, 0.25) is 0 Å². The quantitative estimate of drug-likeness (QED) is 0.214. The van der Waals surface area contributed by atoms with E-state index in [1.54, 1.807) is 18.2 Å². The summed E-state index contributed by atoms with van der Waals surface area (Å²) < 4.78 is 10.2.